The molecule has 11 heteroatoms. The van der Waals surface area contributed by atoms with Gasteiger partial charge in [-0.05, 0) is 32.9 Å². The van der Waals surface area contributed by atoms with Gasteiger partial charge in [-0.2, -0.15) is 5.10 Å². The Morgan fingerprint density at radius 2 is 1.92 bits per heavy atom. The number of hydrogen-bond donors (Lipinski definition) is 1. The number of amides is 1. The highest BCUT2D eigenvalue weighted by Crippen LogP contribution is 2.30. The van der Waals surface area contributed by atoms with Gasteiger partial charge in [0.15, 0.2) is 0 Å². The second-order valence-electron chi connectivity index (χ2n) is 5.53. The first-order valence-electron chi connectivity index (χ1n) is 7.50. The first-order valence-corrected chi connectivity index (χ1v) is 7.50. The maximum atomic E-state index is 12.5. The molecule has 0 saturated carbocycles. The highest BCUT2D eigenvalue weighted by molar-refractivity contribution is 5.95. The Morgan fingerprint density at radius 1 is 1.27 bits per heavy atom. The van der Waals surface area contributed by atoms with Gasteiger partial charge in [0.05, 0.1) is 23.0 Å². The highest BCUT2D eigenvalue weighted by atomic mass is 16.6. The summed E-state index contributed by atoms with van der Waals surface area (Å²) in [5.41, 5.74) is -0.102. The molecule has 1 atom stereocenters. The number of carbonyl (C=O) groups is 1. The van der Waals surface area contributed by atoms with Gasteiger partial charge in [-0.15, -0.1) is 0 Å². The maximum absolute atomic E-state index is 12.5. The van der Waals surface area contributed by atoms with Crippen LogP contribution in [-0.4, -0.2) is 32.6 Å². The van der Waals surface area contributed by atoms with Crippen molar-refractivity contribution >= 4 is 23.0 Å². The van der Waals surface area contributed by atoms with Crippen LogP contribution in [0.15, 0.2) is 18.2 Å². The number of aromatic nitrogens is 2. The van der Waals surface area contributed by atoms with E-state index < -0.39 is 21.8 Å². The Balaban J connectivity index is 2.32. The SMILES string of the molecule is COc1ccc(NC(=O)C(C)n2nc(C)c([N+](=O)[O-])c2C)c([N+](=O)[O-])c1. The fraction of sp³-hybridized carbons (Fsp3) is 0.333. The number of nitro benzene ring substituents is 1. The van der Waals surface area contributed by atoms with Gasteiger partial charge in [-0.3, -0.25) is 29.7 Å². The predicted octanol–water partition coefficient (Wildman–Crippen LogP) is 2.52. The molecule has 26 heavy (non-hydrogen) atoms. The smallest absolute Gasteiger partial charge is 0.312 e. The molecule has 1 unspecified atom stereocenters. The second-order valence-corrected chi connectivity index (χ2v) is 5.53. The number of rotatable bonds is 6. The lowest BCUT2D eigenvalue weighted by atomic mass is 10.2. The molecule has 0 bridgehead atoms. The molecule has 0 fully saturated rings. The van der Waals surface area contributed by atoms with Gasteiger partial charge >= 0.3 is 5.69 Å². The summed E-state index contributed by atoms with van der Waals surface area (Å²) >= 11 is 0. The molecule has 0 aliphatic carbocycles. The van der Waals surface area contributed by atoms with E-state index in [0.717, 1.165) is 0 Å². The third-order valence-corrected chi connectivity index (χ3v) is 3.88. The minimum Gasteiger partial charge on any atom is -0.496 e. The molecule has 0 aliphatic heterocycles. The molecule has 1 amide bonds. The average molecular weight is 363 g/mol. The highest BCUT2D eigenvalue weighted by Gasteiger charge is 2.28. The number of nitro groups is 2. The molecule has 0 spiro atoms. The van der Waals surface area contributed by atoms with Crippen molar-refractivity contribution in [2.24, 2.45) is 0 Å². The van der Waals surface area contributed by atoms with E-state index in [9.17, 15) is 25.0 Å². The van der Waals surface area contributed by atoms with E-state index in [2.05, 4.69) is 10.4 Å². The molecule has 1 N–H and O–H groups in total. The van der Waals surface area contributed by atoms with Gasteiger partial charge < -0.3 is 10.1 Å². The molecule has 11 nitrogen and oxygen atoms in total. The first kappa shape index (κ1) is 18.8. The molecular weight excluding hydrogens is 346 g/mol. The van der Waals surface area contributed by atoms with Gasteiger partial charge in [0.25, 0.3) is 5.69 Å². The number of hydrogen-bond acceptors (Lipinski definition) is 7. The number of anilines is 1. The molecule has 1 aromatic heterocycles. The Morgan fingerprint density at radius 3 is 2.42 bits per heavy atom. The summed E-state index contributed by atoms with van der Waals surface area (Å²) in [6.07, 6.45) is 0. The van der Waals surface area contributed by atoms with Gasteiger partial charge in [-0.1, -0.05) is 0 Å². The third kappa shape index (κ3) is 3.45. The second kappa shape index (κ2) is 7.17. The van der Waals surface area contributed by atoms with Crippen molar-refractivity contribution in [1.29, 1.82) is 0 Å². The summed E-state index contributed by atoms with van der Waals surface area (Å²) in [6, 6.07) is 3.10. The summed E-state index contributed by atoms with van der Waals surface area (Å²) in [5.74, 6) is -0.323. The van der Waals surface area contributed by atoms with E-state index in [0.29, 0.717) is 0 Å². The van der Waals surface area contributed by atoms with E-state index in [4.69, 9.17) is 4.74 Å². The van der Waals surface area contributed by atoms with Crippen LogP contribution in [-0.2, 0) is 4.79 Å². The van der Waals surface area contributed by atoms with Crippen molar-refractivity contribution in [1.82, 2.24) is 9.78 Å². The molecule has 138 valence electrons. The van der Waals surface area contributed by atoms with E-state index in [1.165, 1.54) is 50.8 Å². The zero-order chi connectivity index (χ0) is 19.6. The average Bonchev–Trinajstić information content (AvgIpc) is 2.88. The molecule has 1 heterocycles. The normalized spacial score (nSPS) is 11.7. The topological polar surface area (TPSA) is 142 Å². The third-order valence-electron chi connectivity index (χ3n) is 3.88. The van der Waals surface area contributed by atoms with Crippen LogP contribution in [0.2, 0.25) is 0 Å². The lowest BCUT2D eigenvalue weighted by Crippen LogP contribution is -2.25. The Kier molecular flexibility index (Phi) is 5.19. The quantitative estimate of drug-likeness (QED) is 0.613. The van der Waals surface area contributed by atoms with Crippen LogP contribution in [0.5, 0.6) is 5.75 Å². The zero-order valence-electron chi connectivity index (χ0n) is 14.5. The van der Waals surface area contributed by atoms with Crippen LogP contribution in [0.3, 0.4) is 0 Å². The lowest BCUT2D eigenvalue weighted by Gasteiger charge is -2.14. The van der Waals surface area contributed by atoms with E-state index >= 15 is 0 Å². The van der Waals surface area contributed by atoms with E-state index in [1.54, 1.807) is 0 Å². The van der Waals surface area contributed by atoms with Gasteiger partial charge in [-0.25, -0.2) is 0 Å². The molecule has 0 radical (unpaired) electrons. The molecule has 0 saturated heterocycles. The Bertz CT molecular complexity index is 891. The summed E-state index contributed by atoms with van der Waals surface area (Å²) < 4.78 is 6.16. The number of benzene rings is 1. The van der Waals surface area contributed by atoms with Crippen LogP contribution in [0.25, 0.3) is 0 Å². The van der Waals surface area contributed by atoms with Crippen molar-refractivity contribution in [3.05, 3.63) is 49.8 Å². The minimum absolute atomic E-state index is 0.0105. The number of methoxy groups -OCH3 is 1. The van der Waals surface area contributed by atoms with E-state index in [1.807, 2.05) is 0 Å². The molecular formula is C15H17N5O6. The van der Waals surface area contributed by atoms with Crippen LogP contribution in [0.1, 0.15) is 24.4 Å². The zero-order valence-corrected chi connectivity index (χ0v) is 14.5. The molecule has 2 aromatic rings. The van der Waals surface area contributed by atoms with Crippen LogP contribution < -0.4 is 10.1 Å². The minimum atomic E-state index is -0.913. The summed E-state index contributed by atoms with van der Waals surface area (Å²) in [4.78, 5) is 33.6. The van der Waals surface area contributed by atoms with Gasteiger partial charge in [0.1, 0.15) is 28.9 Å². The maximum Gasteiger partial charge on any atom is 0.312 e. The predicted molar refractivity (Wildman–Crippen MR) is 91.3 cm³/mol. The largest absolute Gasteiger partial charge is 0.496 e. The van der Waals surface area contributed by atoms with Gasteiger partial charge in [0, 0.05) is 0 Å². The fourth-order valence-electron chi connectivity index (χ4n) is 2.54. The first-order chi connectivity index (χ1) is 12.2. The summed E-state index contributed by atoms with van der Waals surface area (Å²) in [7, 11) is 1.37. The molecule has 1 aromatic carbocycles. The van der Waals surface area contributed by atoms with Crippen LogP contribution >= 0.6 is 0 Å². The van der Waals surface area contributed by atoms with Crippen molar-refractivity contribution in [2.45, 2.75) is 26.8 Å². The number of nitrogens with one attached hydrogen (secondary N) is 1. The van der Waals surface area contributed by atoms with Gasteiger partial charge in [0.2, 0.25) is 5.91 Å². The number of aryl methyl sites for hydroxylation is 1. The van der Waals surface area contributed by atoms with E-state index in [-0.39, 0.29) is 34.2 Å². The van der Waals surface area contributed by atoms with Crippen molar-refractivity contribution in [3.8, 4) is 5.75 Å². The van der Waals surface area contributed by atoms with Crippen molar-refractivity contribution in [2.75, 3.05) is 12.4 Å². The number of nitrogens with zero attached hydrogens (tertiary/aromatic N) is 4. The number of carbonyl (C=O) groups excluding carboxylic acids is 1. The lowest BCUT2D eigenvalue weighted by molar-refractivity contribution is -0.386. The molecule has 2 rings (SSSR count). The summed E-state index contributed by atoms with van der Waals surface area (Å²) in [6.45, 7) is 4.45. The monoisotopic (exact) mass is 363 g/mol. The standard InChI is InChI=1S/C15H17N5O6/c1-8-14(20(24)25)9(2)18(17-8)10(3)15(21)16-12-6-5-11(26-4)7-13(12)19(22)23/h5-7,10H,1-4H3,(H,16,21). The van der Waals surface area contributed by atoms with Crippen molar-refractivity contribution in [3.63, 3.8) is 0 Å². The van der Waals surface area contributed by atoms with Crippen molar-refractivity contribution < 1.29 is 19.4 Å². The Hall–Kier alpha value is -3.50. The number of ether oxygens (including phenoxy) is 1. The Labute approximate surface area is 147 Å². The fourth-order valence-corrected chi connectivity index (χ4v) is 2.54. The molecule has 0 aliphatic rings. The van der Waals surface area contributed by atoms with Crippen LogP contribution in [0, 0.1) is 34.1 Å². The van der Waals surface area contributed by atoms with Crippen LogP contribution in [0.4, 0.5) is 17.1 Å². The summed E-state index contributed by atoms with van der Waals surface area (Å²) in [5, 5.41) is 28.8.